The highest BCUT2D eigenvalue weighted by Crippen LogP contribution is 2.29. The van der Waals surface area contributed by atoms with Crippen molar-refractivity contribution < 1.29 is 14.6 Å². The Bertz CT molecular complexity index is 841. The van der Waals surface area contributed by atoms with E-state index in [-0.39, 0.29) is 5.91 Å². The minimum absolute atomic E-state index is 0.00838. The van der Waals surface area contributed by atoms with Crippen LogP contribution in [0, 0.1) is 5.92 Å². The van der Waals surface area contributed by atoms with Crippen molar-refractivity contribution in [3.63, 3.8) is 0 Å². The van der Waals surface area contributed by atoms with Crippen molar-refractivity contribution in [1.82, 2.24) is 15.2 Å². The Hall–Kier alpha value is -2.44. The van der Waals surface area contributed by atoms with Crippen LogP contribution >= 0.6 is 0 Å². The molecule has 160 valence electrons. The number of aromatic nitrogens is 1. The Balaban J connectivity index is 1.43. The maximum atomic E-state index is 12.9. The molecule has 2 atom stereocenters. The van der Waals surface area contributed by atoms with Crippen LogP contribution in [0.1, 0.15) is 42.2 Å². The summed E-state index contributed by atoms with van der Waals surface area (Å²) >= 11 is 0. The van der Waals surface area contributed by atoms with Crippen molar-refractivity contribution in [3.05, 3.63) is 59.4 Å². The number of methoxy groups -OCH3 is 1. The molecule has 1 aliphatic carbocycles. The van der Waals surface area contributed by atoms with Gasteiger partial charge in [-0.2, -0.15) is 0 Å². The smallest absolute Gasteiger partial charge is 0.220 e. The molecule has 6 heteroatoms. The number of hydrogen-bond donors (Lipinski definition) is 2. The van der Waals surface area contributed by atoms with Crippen LogP contribution in [0.5, 0.6) is 5.75 Å². The molecular formula is C24H31N3O3. The fraction of sp³-hybridized carbons (Fsp3) is 0.500. The van der Waals surface area contributed by atoms with Crippen molar-refractivity contribution in [2.45, 2.75) is 44.2 Å². The van der Waals surface area contributed by atoms with Gasteiger partial charge >= 0.3 is 0 Å². The highest BCUT2D eigenvalue weighted by molar-refractivity contribution is 5.77. The maximum absolute atomic E-state index is 12.9. The van der Waals surface area contributed by atoms with Crippen LogP contribution in [-0.4, -0.2) is 53.7 Å². The zero-order valence-corrected chi connectivity index (χ0v) is 17.6. The quantitative estimate of drug-likeness (QED) is 0.701. The summed E-state index contributed by atoms with van der Waals surface area (Å²) in [7, 11) is 1.57. The van der Waals surface area contributed by atoms with E-state index in [9.17, 15) is 9.90 Å². The van der Waals surface area contributed by atoms with E-state index in [4.69, 9.17) is 4.74 Å². The van der Waals surface area contributed by atoms with Gasteiger partial charge in [0.2, 0.25) is 5.91 Å². The second kappa shape index (κ2) is 9.58. The van der Waals surface area contributed by atoms with Crippen molar-refractivity contribution in [1.29, 1.82) is 0 Å². The molecule has 30 heavy (non-hydrogen) atoms. The number of nitrogens with zero attached hydrogens (tertiary/aromatic N) is 2. The molecule has 1 aliphatic heterocycles. The van der Waals surface area contributed by atoms with Crippen LogP contribution in [0.3, 0.4) is 0 Å². The van der Waals surface area contributed by atoms with Crippen molar-refractivity contribution in [2.75, 3.05) is 26.7 Å². The van der Waals surface area contributed by atoms with Crippen LogP contribution in [0.2, 0.25) is 0 Å². The lowest BCUT2D eigenvalue weighted by Gasteiger charge is -2.29. The average molecular weight is 410 g/mol. The third-order valence-electron chi connectivity index (χ3n) is 6.29. The summed E-state index contributed by atoms with van der Waals surface area (Å²) in [5.41, 5.74) is 3.17. The molecule has 2 aromatic rings. The number of carbonyl (C=O) groups excluding carboxylic acids is 1. The highest BCUT2D eigenvalue weighted by Gasteiger charge is 2.31. The molecule has 0 bridgehead atoms. The highest BCUT2D eigenvalue weighted by atomic mass is 16.5. The summed E-state index contributed by atoms with van der Waals surface area (Å²) in [6.07, 6.45) is 5.39. The van der Waals surface area contributed by atoms with E-state index >= 15 is 0 Å². The Labute approximate surface area is 178 Å². The second-order valence-electron chi connectivity index (χ2n) is 8.46. The van der Waals surface area contributed by atoms with Gasteiger partial charge in [-0.3, -0.25) is 9.78 Å². The normalized spacial score (nSPS) is 18.7. The molecule has 6 nitrogen and oxygen atoms in total. The van der Waals surface area contributed by atoms with Gasteiger partial charge < -0.3 is 20.1 Å². The molecule has 1 aromatic heterocycles. The Morgan fingerprint density at radius 2 is 1.90 bits per heavy atom. The van der Waals surface area contributed by atoms with Crippen LogP contribution < -0.4 is 10.1 Å². The first kappa shape index (κ1) is 20.8. The zero-order valence-electron chi connectivity index (χ0n) is 17.6. The van der Waals surface area contributed by atoms with E-state index in [1.165, 1.54) is 11.1 Å². The first-order valence-corrected chi connectivity index (χ1v) is 10.9. The van der Waals surface area contributed by atoms with Gasteiger partial charge in [0.15, 0.2) is 0 Å². The third-order valence-corrected chi connectivity index (χ3v) is 6.29. The molecule has 2 unspecified atom stereocenters. The molecule has 1 aromatic carbocycles. The van der Waals surface area contributed by atoms with Crippen LogP contribution in [0.15, 0.2) is 42.6 Å². The maximum Gasteiger partial charge on any atom is 0.220 e. The minimum Gasteiger partial charge on any atom is -0.495 e. The zero-order chi connectivity index (χ0) is 20.9. The second-order valence-corrected chi connectivity index (χ2v) is 8.46. The van der Waals surface area contributed by atoms with Gasteiger partial charge in [0, 0.05) is 19.2 Å². The van der Waals surface area contributed by atoms with E-state index in [1.807, 2.05) is 0 Å². The summed E-state index contributed by atoms with van der Waals surface area (Å²) in [4.78, 5) is 19.6. The minimum atomic E-state index is -0.925. The number of ether oxygens (including phenoxy) is 1. The number of likely N-dealkylation sites (tertiary alicyclic amines) is 1. The fourth-order valence-electron chi connectivity index (χ4n) is 4.78. The van der Waals surface area contributed by atoms with Gasteiger partial charge in [0.25, 0.3) is 0 Å². The number of pyridine rings is 1. The number of aliphatic hydroxyl groups is 1. The summed E-state index contributed by atoms with van der Waals surface area (Å²) in [6, 6.07) is 11.6. The molecule has 0 spiro atoms. The summed E-state index contributed by atoms with van der Waals surface area (Å²) in [6.45, 7) is 2.60. The molecular weight excluding hydrogens is 378 g/mol. The van der Waals surface area contributed by atoms with E-state index < -0.39 is 12.1 Å². The van der Waals surface area contributed by atoms with Gasteiger partial charge in [-0.05, 0) is 68.0 Å². The molecule has 0 radical (unpaired) electrons. The SMILES string of the molecule is COc1cccnc1C(O)C(CN1CCCC1)NC(=O)CC1Cc2ccccc2C1. The topological polar surface area (TPSA) is 74.7 Å². The summed E-state index contributed by atoms with van der Waals surface area (Å²) in [5, 5.41) is 14.2. The van der Waals surface area contributed by atoms with Gasteiger partial charge in [-0.25, -0.2) is 0 Å². The largest absolute Gasteiger partial charge is 0.495 e. The number of aliphatic hydroxyl groups excluding tert-OH is 1. The number of rotatable bonds is 8. The number of fused-ring (bicyclic) bond motifs is 1. The lowest BCUT2D eigenvalue weighted by molar-refractivity contribution is -0.123. The summed E-state index contributed by atoms with van der Waals surface area (Å²) < 4.78 is 5.39. The lowest BCUT2D eigenvalue weighted by Crippen LogP contribution is -2.47. The summed E-state index contributed by atoms with van der Waals surface area (Å²) in [5.74, 6) is 0.847. The Morgan fingerprint density at radius 1 is 1.20 bits per heavy atom. The predicted molar refractivity (Wildman–Crippen MR) is 115 cm³/mol. The molecule has 2 aliphatic rings. The van der Waals surface area contributed by atoms with E-state index in [2.05, 4.69) is 39.5 Å². The molecule has 1 fully saturated rings. The fourth-order valence-corrected chi connectivity index (χ4v) is 4.78. The Morgan fingerprint density at radius 3 is 2.57 bits per heavy atom. The first-order chi connectivity index (χ1) is 14.6. The first-order valence-electron chi connectivity index (χ1n) is 10.9. The number of amides is 1. The van der Waals surface area contributed by atoms with E-state index in [1.54, 1.807) is 25.4 Å². The molecule has 4 rings (SSSR count). The predicted octanol–water partition coefficient (Wildman–Crippen LogP) is 2.51. The molecule has 1 amide bonds. The van der Waals surface area contributed by atoms with E-state index in [0.29, 0.717) is 30.3 Å². The van der Waals surface area contributed by atoms with E-state index in [0.717, 1.165) is 38.8 Å². The van der Waals surface area contributed by atoms with Crippen molar-refractivity contribution in [3.8, 4) is 5.75 Å². The van der Waals surface area contributed by atoms with Gasteiger partial charge in [-0.15, -0.1) is 0 Å². The Kier molecular flexibility index (Phi) is 6.65. The average Bonchev–Trinajstić information content (AvgIpc) is 3.41. The van der Waals surface area contributed by atoms with Crippen LogP contribution in [0.25, 0.3) is 0 Å². The number of hydrogen-bond acceptors (Lipinski definition) is 5. The van der Waals surface area contributed by atoms with Gasteiger partial charge in [-0.1, -0.05) is 24.3 Å². The molecule has 2 N–H and O–H groups in total. The van der Waals surface area contributed by atoms with Crippen LogP contribution in [-0.2, 0) is 17.6 Å². The molecule has 0 saturated carbocycles. The van der Waals surface area contributed by atoms with Crippen molar-refractivity contribution >= 4 is 5.91 Å². The molecule has 1 saturated heterocycles. The van der Waals surface area contributed by atoms with Gasteiger partial charge in [0.1, 0.15) is 17.5 Å². The third kappa shape index (κ3) is 4.82. The van der Waals surface area contributed by atoms with Gasteiger partial charge in [0.05, 0.1) is 13.2 Å². The lowest BCUT2D eigenvalue weighted by atomic mass is 10.0. The number of benzene rings is 1. The standard InChI is InChI=1S/C24H31N3O3/c1-30-21-9-6-10-25-23(21)24(29)20(16-27-11-4-5-12-27)26-22(28)15-17-13-18-7-2-3-8-19(18)14-17/h2-3,6-10,17,20,24,29H,4-5,11-16H2,1H3,(H,26,28). The number of carbonyl (C=O) groups is 1. The number of nitrogens with one attached hydrogen (secondary N) is 1. The monoisotopic (exact) mass is 409 g/mol. The van der Waals surface area contributed by atoms with Crippen LogP contribution in [0.4, 0.5) is 0 Å². The molecule has 2 heterocycles. The van der Waals surface area contributed by atoms with Crippen molar-refractivity contribution in [2.24, 2.45) is 5.92 Å².